The molecule has 2 fully saturated rings. The third-order valence-corrected chi connectivity index (χ3v) is 6.35. The highest BCUT2D eigenvalue weighted by Gasteiger charge is 2.59. The molecular weight excluding hydrogens is 276 g/mol. The molecule has 0 aromatic rings. The number of carbonyl (C=O) groups excluding carboxylic acids is 2. The first-order valence-corrected chi connectivity index (χ1v) is 8.51. The Hall–Kier alpha value is -1.32. The zero-order valence-electron chi connectivity index (χ0n) is 14.2. The Labute approximate surface area is 133 Å². The van der Waals surface area contributed by atoms with Crippen LogP contribution in [0, 0.1) is 22.2 Å². The molecule has 2 aliphatic carbocycles. The first-order chi connectivity index (χ1) is 10.2. The maximum Gasteiger partial charge on any atom is 0.226 e. The van der Waals surface area contributed by atoms with Crippen molar-refractivity contribution in [2.24, 2.45) is 27.9 Å². The van der Waals surface area contributed by atoms with Gasteiger partial charge in [-0.25, -0.2) is 0 Å². The van der Waals surface area contributed by atoms with E-state index in [1.54, 1.807) is 0 Å². The summed E-state index contributed by atoms with van der Waals surface area (Å²) in [6.45, 7) is 9.75. The van der Waals surface area contributed by atoms with Crippen LogP contribution in [0.3, 0.4) is 0 Å². The molecule has 0 aromatic carbocycles. The molecule has 22 heavy (non-hydrogen) atoms. The summed E-state index contributed by atoms with van der Waals surface area (Å²) in [5, 5.41) is 0. The molecule has 1 heterocycles. The number of Topliss-reactive ketones (excluding diaryl/α,β-unsaturated/α-hetero) is 1. The molecule has 1 aliphatic heterocycles. The molecule has 4 nitrogen and oxygen atoms in total. The van der Waals surface area contributed by atoms with Gasteiger partial charge < -0.3 is 10.6 Å². The van der Waals surface area contributed by atoms with E-state index in [-0.39, 0.29) is 22.5 Å². The number of likely N-dealkylation sites (tertiary alicyclic amines) is 1. The monoisotopic (exact) mass is 304 g/mol. The Morgan fingerprint density at radius 2 is 1.91 bits per heavy atom. The van der Waals surface area contributed by atoms with E-state index in [4.69, 9.17) is 5.73 Å². The summed E-state index contributed by atoms with van der Waals surface area (Å²) >= 11 is 0. The molecule has 3 rings (SSSR count). The van der Waals surface area contributed by atoms with Crippen LogP contribution in [0.25, 0.3) is 0 Å². The number of carbonyl (C=O) groups is 2. The lowest BCUT2D eigenvalue weighted by Gasteiger charge is -2.53. The molecule has 2 N–H and O–H groups in total. The van der Waals surface area contributed by atoms with Gasteiger partial charge >= 0.3 is 0 Å². The summed E-state index contributed by atoms with van der Waals surface area (Å²) in [5.41, 5.74) is 6.08. The van der Waals surface area contributed by atoms with Crippen molar-refractivity contribution in [3.8, 4) is 0 Å². The normalized spacial score (nSPS) is 30.7. The van der Waals surface area contributed by atoms with Gasteiger partial charge in [0.25, 0.3) is 0 Å². The second-order valence-corrected chi connectivity index (χ2v) is 8.37. The minimum atomic E-state index is -0.413. The lowest BCUT2D eigenvalue weighted by molar-refractivity contribution is -0.146. The molecule has 1 atom stereocenters. The number of hydrogen-bond donors (Lipinski definition) is 1. The fourth-order valence-corrected chi connectivity index (χ4v) is 4.82. The summed E-state index contributed by atoms with van der Waals surface area (Å²) in [6, 6.07) is 0. The van der Waals surface area contributed by atoms with Gasteiger partial charge in [0.2, 0.25) is 5.91 Å². The van der Waals surface area contributed by atoms with Crippen molar-refractivity contribution in [3.63, 3.8) is 0 Å². The van der Waals surface area contributed by atoms with E-state index < -0.39 is 5.41 Å². The highest BCUT2D eigenvalue weighted by molar-refractivity contribution is 5.99. The van der Waals surface area contributed by atoms with Crippen molar-refractivity contribution in [1.82, 2.24) is 4.90 Å². The van der Waals surface area contributed by atoms with Gasteiger partial charge in [0.1, 0.15) is 0 Å². The molecule has 1 unspecified atom stereocenters. The molecule has 3 aliphatic rings. The minimum absolute atomic E-state index is 0.0427. The van der Waals surface area contributed by atoms with Crippen molar-refractivity contribution >= 4 is 11.7 Å². The van der Waals surface area contributed by atoms with Crippen LogP contribution in [-0.4, -0.2) is 29.7 Å². The third-order valence-electron chi connectivity index (χ3n) is 6.35. The Balaban J connectivity index is 1.68. The van der Waals surface area contributed by atoms with E-state index >= 15 is 0 Å². The zero-order chi connectivity index (χ0) is 16.3. The average Bonchev–Trinajstić information content (AvgIpc) is 3.16. The minimum Gasteiger partial charge on any atom is -0.396 e. The van der Waals surface area contributed by atoms with E-state index in [0.717, 1.165) is 38.8 Å². The molecule has 4 heteroatoms. The van der Waals surface area contributed by atoms with Crippen molar-refractivity contribution in [2.75, 3.05) is 13.1 Å². The van der Waals surface area contributed by atoms with Gasteiger partial charge in [-0.2, -0.15) is 0 Å². The number of nitrogens with two attached hydrogens (primary N) is 1. The van der Waals surface area contributed by atoms with Crippen LogP contribution in [-0.2, 0) is 9.59 Å². The van der Waals surface area contributed by atoms with Crippen LogP contribution in [0.2, 0.25) is 0 Å². The average molecular weight is 304 g/mol. The van der Waals surface area contributed by atoms with E-state index in [1.165, 1.54) is 0 Å². The SMILES string of the molecule is CCC1(CC)CC1C(=O)N1CC2(C=C(N)C(=O)C(C)(C)C2)C1. The molecular formula is C18H28N2O2. The van der Waals surface area contributed by atoms with Crippen LogP contribution in [0.1, 0.15) is 53.4 Å². The number of nitrogens with zero attached hydrogens (tertiary/aromatic N) is 1. The number of amides is 1. The maximum atomic E-state index is 12.7. The van der Waals surface area contributed by atoms with Crippen molar-refractivity contribution in [2.45, 2.75) is 53.4 Å². The summed E-state index contributed by atoms with van der Waals surface area (Å²) < 4.78 is 0. The molecule has 122 valence electrons. The van der Waals surface area contributed by atoms with Crippen LogP contribution in [0.15, 0.2) is 11.8 Å². The largest absolute Gasteiger partial charge is 0.396 e. The Morgan fingerprint density at radius 3 is 2.36 bits per heavy atom. The van der Waals surface area contributed by atoms with Crippen molar-refractivity contribution in [3.05, 3.63) is 11.8 Å². The Bertz CT molecular complexity index is 551. The molecule has 0 radical (unpaired) electrons. The predicted octanol–water partition coefficient (Wildman–Crippen LogP) is 2.48. The Morgan fingerprint density at radius 1 is 1.32 bits per heavy atom. The zero-order valence-corrected chi connectivity index (χ0v) is 14.2. The second kappa shape index (κ2) is 4.59. The molecule has 0 aromatic heterocycles. The standard InChI is InChI=1S/C18H28N2O2/c1-5-18(6-2)7-12(18)15(22)20-10-17(11-20)8-13(19)14(21)16(3,4)9-17/h8,12H,5-7,9-11,19H2,1-4H3. The summed E-state index contributed by atoms with van der Waals surface area (Å²) in [4.78, 5) is 26.7. The van der Waals surface area contributed by atoms with Crippen LogP contribution in [0.5, 0.6) is 0 Å². The summed E-state index contributed by atoms with van der Waals surface area (Å²) in [7, 11) is 0. The van der Waals surface area contributed by atoms with Crippen LogP contribution in [0.4, 0.5) is 0 Å². The van der Waals surface area contributed by atoms with E-state index in [1.807, 2.05) is 24.8 Å². The highest BCUT2D eigenvalue weighted by atomic mass is 16.2. The predicted molar refractivity (Wildman–Crippen MR) is 85.8 cm³/mol. The van der Waals surface area contributed by atoms with Gasteiger partial charge in [-0.3, -0.25) is 9.59 Å². The number of hydrogen-bond acceptors (Lipinski definition) is 3. The quantitative estimate of drug-likeness (QED) is 0.871. The van der Waals surface area contributed by atoms with Crippen LogP contribution >= 0.6 is 0 Å². The number of ketones is 1. The van der Waals surface area contributed by atoms with E-state index in [0.29, 0.717) is 11.6 Å². The van der Waals surface area contributed by atoms with Gasteiger partial charge in [-0.05, 0) is 37.2 Å². The molecule has 1 saturated carbocycles. The first-order valence-electron chi connectivity index (χ1n) is 8.51. The van der Waals surface area contributed by atoms with Gasteiger partial charge in [-0.15, -0.1) is 0 Å². The molecule has 1 amide bonds. The fourth-order valence-electron chi connectivity index (χ4n) is 4.82. The maximum absolute atomic E-state index is 12.7. The second-order valence-electron chi connectivity index (χ2n) is 8.37. The fraction of sp³-hybridized carbons (Fsp3) is 0.778. The number of allylic oxidation sites excluding steroid dienone is 1. The highest BCUT2D eigenvalue weighted by Crippen LogP contribution is 2.59. The first kappa shape index (κ1) is 15.6. The van der Waals surface area contributed by atoms with Gasteiger partial charge in [-0.1, -0.05) is 27.7 Å². The van der Waals surface area contributed by atoms with Gasteiger partial charge in [0.15, 0.2) is 5.78 Å². The molecule has 1 spiro atoms. The lowest BCUT2D eigenvalue weighted by Crippen LogP contribution is -2.61. The smallest absolute Gasteiger partial charge is 0.226 e. The third kappa shape index (κ3) is 2.10. The van der Waals surface area contributed by atoms with Gasteiger partial charge in [0.05, 0.1) is 5.70 Å². The van der Waals surface area contributed by atoms with E-state index in [2.05, 4.69) is 13.8 Å². The number of rotatable bonds is 3. The lowest BCUT2D eigenvalue weighted by atomic mass is 9.62. The Kier molecular flexibility index (Phi) is 3.25. The van der Waals surface area contributed by atoms with Crippen LogP contribution < -0.4 is 5.73 Å². The van der Waals surface area contributed by atoms with Crippen molar-refractivity contribution in [1.29, 1.82) is 0 Å². The molecule has 1 saturated heterocycles. The van der Waals surface area contributed by atoms with E-state index in [9.17, 15) is 9.59 Å². The van der Waals surface area contributed by atoms with Crippen molar-refractivity contribution < 1.29 is 9.59 Å². The summed E-state index contributed by atoms with van der Waals surface area (Å²) in [5.74, 6) is 0.580. The molecule has 0 bridgehead atoms. The topological polar surface area (TPSA) is 63.4 Å². The van der Waals surface area contributed by atoms with Gasteiger partial charge in [0, 0.05) is 29.8 Å². The summed E-state index contributed by atoms with van der Waals surface area (Å²) in [6.07, 6.45) is 5.94.